The molecule has 1 amide bonds. The molecule has 0 saturated carbocycles. The van der Waals surface area contributed by atoms with Gasteiger partial charge in [0, 0.05) is 17.6 Å². The Hall–Kier alpha value is -3.41. The molecule has 3 aromatic rings. The lowest BCUT2D eigenvalue weighted by Crippen LogP contribution is -2.15. The molecule has 2 N–H and O–H groups in total. The van der Waals surface area contributed by atoms with Gasteiger partial charge in [0.15, 0.2) is 0 Å². The van der Waals surface area contributed by atoms with Gasteiger partial charge in [0.1, 0.15) is 11.4 Å². The lowest BCUT2D eigenvalue weighted by atomic mass is 10.1. The van der Waals surface area contributed by atoms with Gasteiger partial charge in [-0.1, -0.05) is 25.1 Å². The van der Waals surface area contributed by atoms with Crippen molar-refractivity contribution in [2.45, 2.75) is 20.3 Å². The maximum Gasteiger partial charge on any atom is 0.274 e. The van der Waals surface area contributed by atoms with Gasteiger partial charge in [-0.15, -0.1) is 0 Å². The molecule has 0 bridgehead atoms. The Labute approximate surface area is 158 Å². The van der Waals surface area contributed by atoms with Crippen LogP contribution in [0.15, 0.2) is 54.7 Å². The summed E-state index contributed by atoms with van der Waals surface area (Å²) in [4.78, 5) is 21.1. The van der Waals surface area contributed by atoms with Crippen LogP contribution >= 0.6 is 0 Å². The number of rotatable bonds is 6. The predicted molar refractivity (Wildman–Crippen MR) is 107 cm³/mol. The summed E-state index contributed by atoms with van der Waals surface area (Å²) >= 11 is 0. The molecule has 0 atom stereocenters. The van der Waals surface area contributed by atoms with Crippen LogP contribution < -0.4 is 15.4 Å². The van der Waals surface area contributed by atoms with Crippen molar-refractivity contribution >= 4 is 23.2 Å². The second kappa shape index (κ2) is 8.31. The molecule has 0 aliphatic carbocycles. The number of ether oxygens (including phenoxy) is 1. The molecule has 2 aromatic carbocycles. The summed E-state index contributed by atoms with van der Waals surface area (Å²) in [7, 11) is 1.60. The standard InChI is InChI=1S/C21H22N4O2/c1-4-15-7-5-6-14(2)19(15)25-21-22-13-12-18(24-21)20(26)23-16-8-10-17(27-3)11-9-16/h5-13H,4H2,1-3H3,(H,23,26)(H,22,24,25). The third-order valence-corrected chi connectivity index (χ3v) is 4.21. The zero-order valence-corrected chi connectivity index (χ0v) is 15.6. The number of benzene rings is 2. The van der Waals surface area contributed by atoms with Crippen molar-refractivity contribution in [2.75, 3.05) is 17.7 Å². The van der Waals surface area contributed by atoms with E-state index in [1.54, 1.807) is 43.6 Å². The number of nitrogens with one attached hydrogen (secondary N) is 2. The van der Waals surface area contributed by atoms with Crippen molar-refractivity contribution in [3.63, 3.8) is 0 Å². The first-order valence-electron chi connectivity index (χ1n) is 8.74. The molecule has 0 saturated heterocycles. The summed E-state index contributed by atoms with van der Waals surface area (Å²) in [5, 5.41) is 6.07. The Morgan fingerprint density at radius 2 is 1.89 bits per heavy atom. The summed E-state index contributed by atoms with van der Waals surface area (Å²) in [6.45, 7) is 4.13. The highest BCUT2D eigenvalue weighted by atomic mass is 16.5. The molecule has 1 aromatic heterocycles. The van der Waals surface area contributed by atoms with E-state index in [0.29, 0.717) is 11.6 Å². The highest BCUT2D eigenvalue weighted by molar-refractivity contribution is 6.03. The summed E-state index contributed by atoms with van der Waals surface area (Å²) in [6.07, 6.45) is 2.46. The van der Waals surface area contributed by atoms with Crippen LogP contribution in [0.25, 0.3) is 0 Å². The van der Waals surface area contributed by atoms with Gasteiger partial charge in [-0.2, -0.15) is 0 Å². The van der Waals surface area contributed by atoms with Gasteiger partial charge in [-0.3, -0.25) is 4.79 Å². The molecule has 0 aliphatic heterocycles. The van der Waals surface area contributed by atoms with E-state index in [1.165, 1.54) is 5.56 Å². The smallest absolute Gasteiger partial charge is 0.274 e. The number of hydrogen-bond acceptors (Lipinski definition) is 5. The van der Waals surface area contributed by atoms with Gasteiger partial charge < -0.3 is 15.4 Å². The van der Waals surface area contributed by atoms with E-state index in [4.69, 9.17) is 4.74 Å². The van der Waals surface area contributed by atoms with Crippen LogP contribution in [-0.2, 0) is 6.42 Å². The fraction of sp³-hybridized carbons (Fsp3) is 0.190. The lowest BCUT2D eigenvalue weighted by molar-refractivity contribution is 0.102. The number of carbonyl (C=O) groups excluding carboxylic acids is 1. The molecule has 6 heteroatoms. The number of nitrogens with zero attached hydrogens (tertiary/aromatic N) is 2. The van der Waals surface area contributed by atoms with E-state index >= 15 is 0 Å². The minimum absolute atomic E-state index is 0.287. The molecule has 0 spiro atoms. The molecular formula is C21H22N4O2. The number of hydrogen-bond donors (Lipinski definition) is 2. The van der Waals surface area contributed by atoms with Crippen molar-refractivity contribution < 1.29 is 9.53 Å². The molecule has 0 unspecified atom stereocenters. The van der Waals surface area contributed by atoms with Crippen LogP contribution in [0.2, 0.25) is 0 Å². The first kappa shape index (κ1) is 18.4. The fourth-order valence-corrected chi connectivity index (χ4v) is 2.73. The zero-order chi connectivity index (χ0) is 19.2. The lowest BCUT2D eigenvalue weighted by Gasteiger charge is -2.13. The van der Waals surface area contributed by atoms with Crippen LogP contribution in [0.1, 0.15) is 28.5 Å². The summed E-state index contributed by atoms with van der Waals surface area (Å²) in [5.41, 5.74) is 4.21. The van der Waals surface area contributed by atoms with E-state index in [1.807, 2.05) is 19.1 Å². The van der Waals surface area contributed by atoms with Crippen LogP contribution in [-0.4, -0.2) is 23.0 Å². The molecular weight excluding hydrogens is 340 g/mol. The zero-order valence-electron chi connectivity index (χ0n) is 15.6. The average Bonchev–Trinajstić information content (AvgIpc) is 2.70. The van der Waals surface area contributed by atoms with E-state index in [2.05, 4.69) is 33.6 Å². The number of carbonyl (C=O) groups is 1. The minimum atomic E-state index is -0.300. The molecule has 138 valence electrons. The first-order chi connectivity index (χ1) is 13.1. The number of aryl methyl sites for hydroxylation is 2. The third-order valence-electron chi connectivity index (χ3n) is 4.21. The average molecular weight is 362 g/mol. The number of aromatic nitrogens is 2. The van der Waals surface area contributed by atoms with Crippen LogP contribution in [0, 0.1) is 6.92 Å². The van der Waals surface area contributed by atoms with Crippen LogP contribution in [0.4, 0.5) is 17.3 Å². The molecule has 1 heterocycles. The Morgan fingerprint density at radius 1 is 1.11 bits per heavy atom. The topological polar surface area (TPSA) is 76.1 Å². The normalized spacial score (nSPS) is 10.3. The monoisotopic (exact) mass is 362 g/mol. The largest absolute Gasteiger partial charge is 0.497 e. The summed E-state index contributed by atoms with van der Waals surface area (Å²) in [5.74, 6) is 0.818. The predicted octanol–water partition coefficient (Wildman–Crippen LogP) is 4.35. The molecule has 0 radical (unpaired) electrons. The van der Waals surface area contributed by atoms with E-state index in [0.717, 1.165) is 23.4 Å². The highest BCUT2D eigenvalue weighted by Crippen LogP contribution is 2.24. The van der Waals surface area contributed by atoms with Crippen LogP contribution in [0.5, 0.6) is 5.75 Å². The van der Waals surface area contributed by atoms with Crippen molar-refractivity contribution in [1.82, 2.24) is 9.97 Å². The Bertz CT molecular complexity index is 939. The van der Waals surface area contributed by atoms with Crippen molar-refractivity contribution in [1.29, 1.82) is 0 Å². The number of methoxy groups -OCH3 is 1. The van der Waals surface area contributed by atoms with Crippen molar-refractivity contribution in [3.05, 3.63) is 71.5 Å². The van der Waals surface area contributed by atoms with Crippen molar-refractivity contribution in [3.8, 4) is 5.75 Å². The Morgan fingerprint density at radius 3 is 2.59 bits per heavy atom. The number of para-hydroxylation sites is 1. The molecule has 6 nitrogen and oxygen atoms in total. The second-order valence-electron chi connectivity index (χ2n) is 6.04. The van der Waals surface area contributed by atoms with E-state index in [-0.39, 0.29) is 11.6 Å². The SMILES string of the molecule is CCc1cccc(C)c1Nc1nccc(C(=O)Nc2ccc(OC)cc2)n1. The van der Waals surface area contributed by atoms with Gasteiger partial charge in [0.25, 0.3) is 5.91 Å². The van der Waals surface area contributed by atoms with Crippen LogP contribution in [0.3, 0.4) is 0 Å². The first-order valence-corrected chi connectivity index (χ1v) is 8.74. The summed E-state index contributed by atoms with van der Waals surface area (Å²) in [6, 6.07) is 14.8. The Balaban J connectivity index is 1.78. The van der Waals surface area contributed by atoms with Gasteiger partial charge in [0.05, 0.1) is 7.11 Å². The van der Waals surface area contributed by atoms with E-state index in [9.17, 15) is 4.79 Å². The van der Waals surface area contributed by atoms with E-state index < -0.39 is 0 Å². The van der Waals surface area contributed by atoms with Gasteiger partial charge in [0.2, 0.25) is 5.95 Å². The molecule has 27 heavy (non-hydrogen) atoms. The molecule has 0 fully saturated rings. The summed E-state index contributed by atoms with van der Waals surface area (Å²) < 4.78 is 5.12. The fourth-order valence-electron chi connectivity index (χ4n) is 2.73. The minimum Gasteiger partial charge on any atom is -0.497 e. The molecule has 0 aliphatic rings. The number of amides is 1. The van der Waals surface area contributed by atoms with Gasteiger partial charge in [-0.05, 0) is 54.8 Å². The van der Waals surface area contributed by atoms with Gasteiger partial charge in [-0.25, -0.2) is 9.97 Å². The quantitative estimate of drug-likeness (QED) is 0.682. The second-order valence-corrected chi connectivity index (χ2v) is 6.04. The van der Waals surface area contributed by atoms with Crippen molar-refractivity contribution in [2.24, 2.45) is 0 Å². The maximum atomic E-state index is 12.5. The van der Waals surface area contributed by atoms with Gasteiger partial charge >= 0.3 is 0 Å². The Kier molecular flexibility index (Phi) is 5.66. The third kappa shape index (κ3) is 4.41. The maximum absolute atomic E-state index is 12.5. The molecule has 3 rings (SSSR count). The highest BCUT2D eigenvalue weighted by Gasteiger charge is 2.11. The number of anilines is 3.